The molecule has 0 heterocycles. The van der Waals surface area contributed by atoms with Crippen LogP contribution in [0.25, 0.3) is 0 Å². The summed E-state index contributed by atoms with van der Waals surface area (Å²) in [4.78, 5) is 23.1. The lowest BCUT2D eigenvalue weighted by atomic mass is 10.2. The van der Waals surface area contributed by atoms with E-state index in [0.29, 0.717) is 17.8 Å². The van der Waals surface area contributed by atoms with Crippen molar-refractivity contribution in [2.75, 3.05) is 10.6 Å². The van der Waals surface area contributed by atoms with E-state index in [0.717, 1.165) is 19.3 Å². The number of hydrogen-bond acceptors (Lipinski definition) is 4. The van der Waals surface area contributed by atoms with Gasteiger partial charge in [-0.25, -0.2) is 8.42 Å². The van der Waals surface area contributed by atoms with Crippen LogP contribution in [-0.4, -0.2) is 20.2 Å². The molecule has 6 nitrogen and oxygen atoms in total. The van der Waals surface area contributed by atoms with E-state index >= 15 is 0 Å². The summed E-state index contributed by atoms with van der Waals surface area (Å²) in [5, 5.41) is 5.36. The maximum Gasteiger partial charge on any atom is 0.224 e. The SMILES string of the molecule is CCCCCC(=O)Nc1ccc(S(=O)(=O)c2ccc(NC(C)=O)cc2)cc1. The van der Waals surface area contributed by atoms with Crippen LogP contribution in [0, 0.1) is 0 Å². The topological polar surface area (TPSA) is 92.3 Å². The summed E-state index contributed by atoms with van der Waals surface area (Å²) in [6.07, 6.45) is 3.34. The Balaban J connectivity index is 2.08. The van der Waals surface area contributed by atoms with Gasteiger partial charge in [-0.2, -0.15) is 0 Å². The van der Waals surface area contributed by atoms with Crippen LogP contribution >= 0.6 is 0 Å². The Labute approximate surface area is 159 Å². The molecule has 0 atom stereocenters. The van der Waals surface area contributed by atoms with E-state index in [4.69, 9.17) is 0 Å². The molecule has 0 radical (unpaired) electrons. The van der Waals surface area contributed by atoms with E-state index in [1.54, 1.807) is 24.3 Å². The first kappa shape index (κ1) is 20.6. The monoisotopic (exact) mass is 388 g/mol. The molecule has 0 aliphatic heterocycles. The fourth-order valence-electron chi connectivity index (χ4n) is 2.53. The third-order valence-electron chi connectivity index (χ3n) is 3.94. The number of unbranched alkanes of at least 4 members (excludes halogenated alkanes) is 2. The van der Waals surface area contributed by atoms with Gasteiger partial charge in [-0.05, 0) is 55.0 Å². The van der Waals surface area contributed by atoms with Gasteiger partial charge in [0.25, 0.3) is 0 Å². The van der Waals surface area contributed by atoms with Crippen molar-refractivity contribution in [2.24, 2.45) is 0 Å². The van der Waals surface area contributed by atoms with Crippen LogP contribution in [0.5, 0.6) is 0 Å². The first-order chi connectivity index (χ1) is 12.8. The zero-order chi connectivity index (χ0) is 19.9. The summed E-state index contributed by atoms with van der Waals surface area (Å²) in [7, 11) is -3.67. The zero-order valence-electron chi connectivity index (χ0n) is 15.5. The average Bonchev–Trinajstić information content (AvgIpc) is 2.62. The Kier molecular flexibility index (Phi) is 7.12. The van der Waals surface area contributed by atoms with E-state index in [1.165, 1.54) is 31.2 Å². The highest BCUT2D eigenvalue weighted by Gasteiger charge is 2.17. The van der Waals surface area contributed by atoms with Crippen molar-refractivity contribution in [3.8, 4) is 0 Å². The quantitative estimate of drug-likeness (QED) is 0.669. The number of sulfone groups is 1. The average molecular weight is 388 g/mol. The summed E-state index contributed by atoms with van der Waals surface area (Å²) in [6.45, 7) is 3.46. The van der Waals surface area contributed by atoms with Crippen molar-refractivity contribution < 1.29 is 18.0 Å². The van der Waals surface area contributed by atoms with Crippen LogP contribution in [-0.2, 0) is 19.4 Å². The highest BCUT2D eigenvalue weighted by Crippen LogP contribution is 2.24. The first-order valence-electron chi connectivity index (χ1n) is 8.85. The number of benzene rings is 2. The van der Waals surface area contributed by atoms with E-state index in [9.17, 15) is 18.0 Å². The van der Waals surface area contributed by atoms with Gasteiger partial charge in [-0.15, -0.1) is 0 Å². The summed E-state index contributed by atoms with van der Waals surface area (Å²) < 4.78 is 25.4. The fraction of sp³-hybridized carbons (Fsp3) is 0.300. The number of amides is 2. The molecule has 2 N–H and O–H groups in total. The van der Waals surface area contributed by atoms with E-state index in [2.05, 4.69) is 17.6 Å². The Bertz CT molecular complexity index is 889. The number of anilines is 2. The highest BCUT2D eigenvalue weighted by molar-refractivity contribution is 7.91. The molecular weight excluding hydrogens is 364 g/mol. The van der Waals surface area contributed by atoms with Gasteiger partial charge >= 0.3 is 0 Å². The van der Waals surface area contributed by atoms with Gasteiger partial charge in [-0.1, -0.05) is 19.8 Å². The van der Waals surface area contributed by atoms with Gasteiger partial charge in [0.15, 0.2) is 0 Å². The third kappa shape index (κ3) is 5.92. The van der Waals surface area contributed by atoms with Gasteiger partial charge < -0.3 is 10.6 Å². The number of rotatable bonds is 8. The molecule has 2 aromatic rings. The molecular formula is C20H24N2O4S. The van der Waals surface area contributed by atoms with Crippen LogP contribution in [0.3, 0.4) is 0 Å². The molecule has 0 aromatic heterocycles. The smallest absolute Gasteiger partial charge is 0.224 e. The van der Waals surface area contributed by atoms with Gasteiger partial charge in [-0.3, -0.25) is 9.59 Å². The van der Waals surface area contributed by atoms with Crippen LogP contribution in [0.2, 0.25) is 0 Å². The second-order valence-electron chi connectivity index (χ2n) is 6.24. The number of carbonyl (C=O) groups is 2. The minimum atomic E-state index is -3.67. The molecule has 0 bridgehead atoms. The predicted molar refractivity (Wildman–Crippen MR) is 105 cm³/mol. The molecule has 0 spiro atoms. The Morgan fingerprint density at radius 2 is 1.30 bits per heavy atom. The summed E-state index contributed by atoms with van der Waals surface area (Å²) in [5.74, 6) is -0.300. The molecule has 0 unspecified atom stereocenters. The Hall–Kier alpha value is -2.67. The molecule has 144 valence electrons. The molecule has 2 amide bonds. The van der Waals surface area contributed by atoms with Crippen molar-refractivity contribution in [3.63, 3.8) is 0 Å². The summed E-state index contributed by atoms with van der Waals surface area (Å²) in [5.41, 5.74) is 1.10. The molecule has 7 heteroatoms. The van der Waals surface area contributed by atoms with Crippen molar-refractivity contribution in [3.05, 3.63) is 48.5 Å². The second-order valence-corrected chi connectivity index (χ2v) is 8.19. The largest absolute Gasteiger partial charge is 0.326 e. The molecule has 2 rings (SSSR count). The van der Waals surface area contributed by atoms with Crippen molar-refractivity contribution in [1.82, 2.24) is 0 Å². The van der Waals surface area contributed by atoms with Gasteiger partial charge in [0.1, 0.15) is 0 Å². The summed E-state index contributed by atoms with van der Waals surface area (Å²) >= 11 is 0. The predicted octanol–water partition coefficient (Wildman–Crippen LogP) is 4.00. The van der Waals surface area contributed by atoms with Gasteiger partial charge in [0.05, 0.1) is 9.79 Å². The third-order valence-corrected chi connectivity index (χ3v) is 5.73. The Morgan fingerprint density at radius 1 is 0.815 bits per heavy atom. The lowest BCUT2D eigenvalue weighted by Crippen LogP contribution is -2.11. The zero-order valence-corrected chi connectivity index (χ0v) is 16.3. The molecule has 0 aliphatic rings. The minimum Gasteiger partial charge on any atom is -0.326 e. The van der Waals surface area contributed by atoms with E-state index < -0.39 is 9.84 Å². The standard InChI is InChI=1S/C20H24N2O4S/c1-3-4-5-6-20(24)22-17-9-13-19(14-10-17)27(25,26)18-11-7-16(8-12-18)21-15(2)23/h7-14H,3-6H2,1-2H3,(H,21,23)(H,22,24). The van der Waals surface area contributed by atoms with E-state index in [-0.39, 0.29) is 21.6 Å². The fourth-order valence-corrected chi connectivity index (χ4v) is 3.79. The summed E-state index contributed by atoms with van der Waals surface area (Å²) in [6, 6.07) is 12.1. The molecule has 0 fully saturated rings. The molecule has 27 heavy (non-hydrogen) atoms. The van der Waals surface area contributed by atoms with Crippen molar-refractivity contribution in [2.45, 2.75) is 49.3 Å². The maximum atomic E-state index is 12.7. The minimum absolute atomic E-state index is 0.0763. The number of nitrogens with one attached hydrogen (secondary N) is 2. The number of carbonyl (C=O) groups excluding carboxylic acids is 2. The molecule has 0 aliphatic carbocycles. The first-order valence-corrected chi connectivity index (χ1v) is 10.3. The molecule has 2 aromatic carbocycles. The van der Waals surface area contributed by atoms with Crippen LogP contribution in [0.15, 0.2) is 58.3 Å². The second kappa shape index (κ2) is 9.32. The van der Waals surface area contributed by atoms with Gasteiger partial charge in [0.2, 0.25) is 21.7 Å². The van der Waals surface area contributed by atoms with Crippen LogP contribution < -0.4 is 10.6 Å². The van der Waals surface area contributed by atoms with Crippen LogP contribution in [0.4, 0.5) is 11.4 Å². The highest BCUT2D eigenvalue weighted by atomic mass is 32.2. The van der Waals surface area contributed by atoms with Gasteiger partial charge in [0, 0.05) is 24.7 Å². The molecule has 0 saturated heterocycles. The number of hydrogen-bond donors (Lipinski definition) is 2. The van der Waals surface area contributed by atoms with Crippen molar-refractivity contribution >= 4 is 33.0 Å². The van der Waals surface area contributed by atoms with E-state index in [1.807, 2.05) is 0 Å². The van der Waals surface area contributed by atoms with Crippen molar-refractivity contribution in [1.29, 1.82) is 0 Å². The molecule has 0 saturated carbocycles. The maximum absolute atomic E-state index is 12.7. The lowest BCUT2D eigenvalue weighted by molar-refractivity contribution is -0.116. The van der Waals surface area contributed by atoms with Crippen LogP contribution in [0.1, 0.15) is 39.5 Å². The Morgan fingerprint density at radius 3 is 1.74 bits per heavy atom. The normalized spacial score (nSPS) is 11.0. The lowest BCUT2D eigenvalue weighted by Gasteiger charge is -2.08.